The Morgan fingerprint density at radius 3 is 2.72 bits per heavy atom. The fourth-order valence-electron chi connectivity index (χ4n) is 2.44. The number of nitrogens with one attached hydrogen (secondary N) is 1. The molecule has 29 heavy (non-hydrogen) atoms. The lowest BCUT2D eigenvalue weighted by molar-refractivity contribution is -0.133. The van der Waals surface area contributed by atoms with E-state index in [-0.39, 0.29) is 31.2 Å². The molecule has 0 unspecified atom stereocenters. The van der Waals surface area contributed by atoms with Crippen molar-refractivity contribution in [2.75, 3.05) is 18.9 Å². The van der Waals surface area contributed by atoms with Crippen molar-refractivity contribution in [2.24, 2.45) is 0 Å². The number of hydrogen-bond acceptors (Lipinski definition) is 6. The van der Waals surface area contributed by atoms with E-state index in [1.165, 1.54) is 4.90 Å². The molecule has 3 rings (SSSR count). The van der Waals surface area contributed by atoms with Gasteiger partial charge in [-0.1, -0.05) is 34.4 Å². The molecule has 0 aliphatic carbocycles. The molecule has 8 nitrogen and oxygen atoms in total. The summed E-state index contributed by atoms with van der Waals surface area (Å²) in [4.78, 5) is 34.1. The van der Waals surface area contributed by atoms with Crippen molar-refractivity contribution in [3.8, 4) is 11.5 Å². The molecule has 3 aromatic rings. The molecule has 0 fully saturated rings. The lowest BCUT2D eigenvalue weighted by Crippen LogP contribution is -2.35. The normalized spacial score (nSPS) is 10.6. The molecule has 0 bridgehead atoms. The smallest absolute Gasteiger partial charge is 0.243 e. The highest BCUT2D eigenvalue weighted by molar-refractivity contribution is 6.42. The number of pyridine rings is 1. The van der Waals surface area contributed by atoms with Gasteiger partial charge in [-0.25, -0.2) is 0 Å². The van der Waals surface area contributed by atoms with Gasteiger partial charge in [-0.15, -0.1) is 0 Å². The lowest BCUT2D eigenvalue weighted by Gasteiger charge is -2.16. The summed E-state index contributed by atoms with van der Waals surface area (Å²) >= 11 is 11.8. The number of benzene rings is 1. The summed E-state index contributed by atoms with van der Waals surface area (Å²) in [6.07, 6.45) is 2.02. The fourth-order valence-corrected chi connectivity index (χ4v) is 2.74. The van der Waals surface area contributed by atoms with Gasteiger partial charge < -0.3 is 14.7 Å². The minimum absolute atomic E-state index is 0.109. The van der Waals surface area contributed by atoms with Crippen molar-refractivity contribution >= 4 is 40.7 Å². The van der Waals surface area contributed by atoms with Crippen LogP contribution in [0.5, 0.6) is 0 Å². The van der Waals surface area contributed by atoms with Gasteiger partial charge in [0, 0.05) is 31.8 Å². The molecule has 2 amide bonds. The second-order valence-corrected chi connectivity index (χ2v) is 6.97. The van der Waals surface area contributed by atoms with Gasteiger partial charge in [-0.3, -0.25) is 14.6 Å². The SMILES string of the molecule is CN(CC(=O)Nc1ccc(Cl)c(Cl)c1)C(=O)CCc1nc(-c2ccccn2)no1. The zero-order chi connectivity index (χ0) is 20.8. The van der Waals surface area contributed by atoms with Crippen LogP contribution in [0, 0.1) is 0 Å². The number of aromatic nitrogens is 3. The molecule has 0 spiro atoms. The second-order valence-electron chi connectivity index (χ2n) is 6.15. The van der Waals surface area contributed by atoms with E-state index in [4.69, 9.17) is 27.7 Å². The molecule has 2 heterocycles. The predicted octanol–water partition coefficient (Wildman–Crippen LogP) is 3.47. The predicted molar refractivity (Wildman–Crippen MR) is 109 cm³/mol. The van der Waals surface area contributed by atoms with E-state index in [9.17, 15) is 9.59 Å². The summed E-state index contributed by atoms with van der Waals surface area (Å²) in [6, 6.07) is 10.1. The Kier molecular flexibility index (Phi) is 6.79. The van der Waals surface area contributed by atoms with E-state index < -0.39 is 0 Å². The van der Waals surface area contributed by atoms with Crippen LogP contribution >= 0.6 is 23.2 Å². The Hall–Kier alpha value is -2.97. The van der Waals surface area contributed by atoms with E-state index >= 15 is 0 Å². The summed E-state index contributed by atoms with van der Waals surface area (Å²) in [5.41, 5.74) is 1.09. The molecule has 0 saturated carbocycles. The molecule has 10 heteroatoms. The highest BCUT2D eigenvalue weighted by Gasteiger charge is 2.16. The number of carbonyl (C=O) groups is 2. The van der Waals surface area contributed by atoms with Crippen LogP contribution in [-0.2, 0) is 16.0 Å². The zero-order valence-corrected chi connectivity index (χ0v) is 16.9. The number of aryl methyl sites for hydroxylation is 1. The van der Waals surface area contributed by atoms with Crippen LogP contribution in [0.4, 0.5) is 5.69 Å². The molecule has 0 saturated heterocycles. The first-order valence-electron chi connectivity index (χ1n) is 8.65. The van der Waals surface area contributed by atoms with Gasteiger partial charge in [-0.2, -0.15) is 4.98 Å². The van der Waals surface area contributed by atoms with Crippen LogP contribution in [0.25, 0.3) is 11.5 Å². The topological polar surface area (TPSA) is 101 Å². The molecule has 0 aliphatic heterocycles. The molecule has 150 valence electrons. The Bertz CT molecular complexity index is 1010. The van der Waals surface area contributed by atoms with Gasteiger partial charge in [0.05, 0.1) is 16.6 Å². The number of nitrogens with zero attached hydrogens (tertiary/aromatic N) is 4. The Morgan fingerprint density at radius 1 is 1.17 bits per heavy atom. The molecule has 0 aliphatic rings. The van der Waals surface area contributed by atoms with Crippen LogP contribution in [0.2, 0.25) is 10.0 Å². The van der Waals surface area contributed by atoms with Gasteiger partial charge in [0.15, 0.2) is 0 Å². The number of rotatable bonds is 7. The monoisotopic (exact) mass is 433 g/mol. The van der Waals surface area contributed by atoms with E-state index in [2.05, 4.69) is 20.4 Å². The van der Waals surface area contributed by atoms with Crippen molar-refractivity contribution < 1.29 is 14.1 Å². The summed E-state index contributed by atoms with van der Waals surface area (Å²) in [5, 5.41) is 7.25. The molecule has 0 radical (unpaired) electrons. The van der Waals surface area contributed by atoms with Crippen molar-refractivity contribution in [1.29, 1.82) is 0 Å². The van der Waals surface area contributed by atoms with Crippen LogP contribution in [-0.4, -0.2) is 45.4 Å². The summed E-state index contributed by atoms with van der Waals surface area (Å²) in [7, 11) is 1.55. The third-order valence-corrected chi connectivity index (χ3v) is 4.66. The molecule has 0 atom stereocenters. The fraction of sp³-hybridized carbons (Fsp3) is 0.211. The van der Waals surface area contributed by atoms with E-state index in [0.29, 0.717) is 33.1 Å². The van der Waals surface area contributed by atoms with Gasteiger partial charge in [-0.05, 0) is 30.3 Å². The molecular formula is C19H17Cl2N5O3. The van der Waals surface area contributed by atoms with Gasteiger partial charge in [0.25, 0.3) is 0 Å². The molecule has 2 aromatic heterocycles. The van der Waals surface area contributed by atoms with Gasteiger partial charge in [0.2, 0.25) is 23.5 Å². The van der Waals surface area contributed by atoms with Crippen LogP contribution < -0.4 is 5.32 Å². The summed E-state index contributed by atoms with van der Waals surface area (Å²) < 4.78 is 5.16. The van der Waals surface area contributed by atoms with Crippen molar-refractivity contribution in [3.05, 3.63) is 58.5 Å². The minimum atomic E-state index is -0.352. The van der Waals surface area contributed by atoms with Crippen LogP contribution in [0.1, 0.15) is 12.3 Å². The first kappa shape index (κ1) is 20.8. The Morgan fingerprint density at radius 2 is 2.00 bits per heavy atom. The number of amides is 2. The largest absolute Gasteiger partial charge is 0.339 e. The van der Waals surface area contributed by atoms with E-state index in [1.54, 1.807) is 43.6 Å². The van der Waals surface area contributed by atoms with E-state index in [0.717, 1.165) is 0 Å². The highest BCUT2D eigenvalue weighted by Crippen LogP contribution is 2.25. The van der Waals surface area contributed by atoms with Gasteiger partial charge >= 0.3 is 0 Å². The number of carbonyl (C=O) groups excluding carboxylic acids is 2. The first-order chi connectivity index (χ1) is 13.9. The Balaban J connectivity index is 1.48. The number of anilines is 1. The second kappa shape index (κ2) is 9.49. The maximum absolute atomic E-state index is 12.3. The molecule has 1 N–H and O–H groups in total. The number of likely N-dealkylation sites (N-methyl/N-ethyl adjacent to an activating group) is 1. The average molecular weight is 434 g/mol. The average Bonchev–Trinajstić information content (AvgIpc) is 3.18. The quantitative estimate of drug-likeness (QED) is 0.611. The van der Waals surface area contributed by atoms with Crippen LogP contribution in [0.15, 0.2) is 47.1 Å². The van der Waals surface area contributed by atoms with E-state index in [1.807, 2.05) is 6.07 Å². The highest BCUT2D eigenvalue weighted by atomic mass is 35.5. The molecular weight excluding hydrogens is 417 g/mol. The van der Waals surface area contributed by atoms with Gasteiger partial charge in [0.1, 0.15) is 5.69 Å². The third kappa shape index (κ3) is 5.75. The zero-order valence-electron chi connectivity index (χ0n) is 15.4. The Labute approximate surface area is 176 Å². The summed E-state index contributed by atoms with van der Waals surface area (Å²) in [6.45, 7) is -0.109. The maximum atomic E-state index is 12.3. The van der Waals surface area contributed by atoms with Crippen molar-refractivity contribution in [3.63, 3.8) is 0 Å². The maximum Gasteiger partial charge on any atom is 0.243 e. The summed E-state index contributed by atoms with van der Waals surface area (Å²) in [5.74, 6) is 0.108. The minimum Gasteiger partial charge on any atom is -0.339 e. The third-order valence-electron chi connectivity index (χ3n) is 3.92. The molecule has 1 aromatic carbocycles. The van der Waals surface area contributed by atoms with Crippen LogP contribution in [0.3, 0.4) is 0 Å². The number of hydrogen-bond donors (Lipinski definition) is 1. The standard InChI is InChI=1S/C19H17Cl2N5O3/c1-26(11-16(27)23-12-5-6-13(20)14(21)10-12)18(28)8-7-17-24-19(25-29-17)15-4-2-3-9-22-15/h2-6,9-10H,7-8,11H2,1H3,(H,23,27). The van der Waals surface area contributed by atoms with Crippen molar-refractivity contribution in [2.45, 2.75) is 12.8 Å². The first-order valence-corrected chi connectivity index (χ1v) is 9.41. The number of halogens is 2. The lowest BCUT2D eigenvalue weighted by atomic mass is 10.2. The van der Waals surface area contributed by atoms with Crippen molar-refractivity contribution in [1.82, 2.24) is 20.0 Å².